The maximum absolute atomic E-state index is 12.2. The Kier molecular flexibility index (Phi) is 3.23. The molecule has 2 saturated heterocycles. The Morgan fingerprint density at radius 3 is 2.45 bits per heavy atom. The summed E-state index contributed by atoms with van der Waals surface area (Å²) in [6, 6.07) is 20.8. The monoisotopic (exact) mass is 293 g/mol. The summed E-state index contributed by atoms with van der Waals surface area (Å²) in [5, 5.41) is 0. The van der Waals surface area contributed by atoms with Crippen LogP contribution >= 0.6 is 0 Å². The van der Waals surface area contributed by atoms with Crippen LogP contribution in [0.4, 0.5) is 0 Å². The third-order valence-electron chi connectivity index (χ3n) is 4.97. The van der Waals surface area contributed by atoms with Crippen LogP contribution in [0.1, 0.15) is 11.1 Å². The molecule has 4 rings (SSSR count). The van der Waals surface area contributed by atoms with E-state index in [9.17, 15) is 4.79 Å². The van der Waals surface area contributed by atoms with Gasteiger partial charge >= 0.3 is 5.97 Å². The van der Waals surface area contributed by atoms with Crippen molar-refractivity contribution in [2.45, 2.75) is 12.0 Å². The Morgan fingerprint density at radius 1 is 1.05 bits per heavy atom. The van der Waals surface area contributed by atoms with Crippen LogP contribution in [0.25, 0.3) is 0 Å². The van der Waals surface area contributed by atoms with Crippen molar-refractivity contribution in [2.75, 3.05) is 19.7 Å². The molecule has 2 aromatic carbocycles. The molecule has 0 radical (unpaired) electrons. The van der Waals surface area contributed by atoms with Gasteiger partial charge in [-0.1, -0.05) is 60.7 Å². The number of hydrogen-bond acceptors (Lipinski definition) is 3. The summed E-state index contributed by atoms with van der Waals surface area (Å²) in [6.45, 7) is 3.05. The van der Waals surface area contributed by atoms with Crippen molar-refractivity contribution in [3.8, 4) is 0 Å². The SMILES string of the molecule is O=C1OC[C@]2(c3ccccc3)CN(Cc3ccccc3)C[C@H]12. The standard InChI is InChI=1S/C19H19NO2/c21-18-17-12-20(11-15-7-3-1-4-8-15)13-19(17,14-22-18)16-9-5-2-6-10-16/h1-10,17H,11-14H2/t17-,19+/m1/s1. The van der Waals surface area contributed by atoms with Gasteiger partial charge < -0.3 is 4.74 Å². The molecule has 22 heavy (non-hydrogen) atoms. The average Bonchev–Trinajstić information content (AvgIpc) is 3.08. The number of esters is 1. The number of hydrogen-bond donors (Lipinski definition) is 0. The number of cyclic esters (lactones) is 1. The summed E-state index contributed by atoms with van der Waals surface area (Å²) < 4.78 is 5.41. The summed E-state index contributed by atoms with van der Waals surface area (Å²) >= 11 is 0. The van der Waals surface area contributed by atoms with E-state index in [0.29, 0.717) is 6.61 Å². The quantitative estimate of drug-likeness (QED) is 0.815. The van der Waals surface area contributed by atoms with E-state index in [2.05, 4.69) is 41.3 Å². The minimum Gasteiger partial charge on any atom is -0.464 e. The minimum absolute atomic E-state index is 0.0422. The van der Waals surface area contributed by atoms with E-state index >= 15 is 0 Å². The average molecular weight is 293 g/mol. The molecule has 0 amide bonds. The third kappa shape index (κ3) is 2.13. The highest BCUT2D eigenvalue weighted by atomic mass is 16.5. The molecule has 0 saturated carbocycles. The van der Waals surface area contributed by atoms with Crippen molar-refractivity contribution < 1.29 is 9.53 Å². The molecule has 0 aromatic heterocycles. The number of rotatable bonds is 3. The Bertz CT molecular complexity index is 670. The molecular weight excluding hydrogens is 274 g/mol. The summed E-state index contributed by atoms with van der Waals surface area (Å²) in [5.74, 6) is -0.0852. The number of likely N-dealkylation sites (tertiary alicyclic amines) is 1. The van der Waals surface area contributed by atoms with Gasteiger partial charge in [-0.3, -0.25) is 9.69 Å². The van der Waals surface area contributed by atoms with Crippen LogP contribution < -0.4 is 0 Å². The van der Waals surface area contributed by atoms with Gasteiger partial charge in [-0.05, 0) is 11.1 Å². The smallest absolute Gasteiger partial charge is 0.311 e. The summed E-state index contributed by atoms with van der Waals surface area (Å²) in [7, 11) is 0. The Labute approximate surface area is 130 Å². The molecule has 112 valence electrons. The molecule has 0 aliphatic carbocycles. The van der Waals surface area contributed by atoms with Gasteiger partial charge in [-0.15, -0.1) is 0 Å². The molecule has 2 heterocycles. The number of ether oxygens (including phenoxy) is 1. The molecule has 0 N–H and O–H groups in total. The van der Waals surface area contributed by atoms with Gasteiger partial charge in [0, 0.05) is 19.6 Å². The highest BCUT2D eigenvalue weighted by molar-refractivity contribution is 5.78. The van der Waals surface area contributed by atoms with Gasteiger partial charge in [0.15, 0.2) is 0 Å². The second-order valence-corrected chi connectivity index (χ2v) is 6.34. The van der Waals surface area contributed by atoms with Crippen molar-refractivity contribution in [1.29, 1.82) is 0 Å². The van der Waals surface area contributed by atoms with Gasteiger partial charge in [-0.2, -0.15) is 0 Å². The van der Waals surface area contributed by atoms with E-state index in [1.165, 1.54) is 11.1 Å². The van der Waals surface area contributed by atoms with Crippen LogP contribution in [-0.2, 0) is 21.5 Å². The lowest BCUT2D eigenvalue weighted by Crippen LogP contribution is -2.35. The van der Waals surface area contributed by atoms with Crippen LogP contribution in [0, 0.1) is 5.92 Å². The maximum atomic E-state index is 12.2. The Morgan fingerprint density at radius 2 is 1.73 bits per heavy atom. The normalized spacial score (nSPS) is 27.6. The van der Waals surface area contributed by atoms with Crippen molar-refractivity contribution >= 4 is 5.97 Å². The van der Waals surface area contributed by atoms with Crippen molar-refractivity contribution in [3.63, 3.8) is 0 Å². The second-order valence-electron chi connectivity index (χ2n) is 6.34. The molecule has 0 bridgehead atoms. The van der Waals surface area contributed by atoms with E-state index < -0.39 is 0 Å². The van der Waals surface area contributed by atoms with Crippen molar-refractivity contribution in [1.82, 2.24) is 4.90 Å². The molecule has 2 fully saturated rings. The molecule has 0 unspecified atom stereocenters. The van der Waals surface area contributed by atoms with E-state index in [-0.39, 0.29) is 17.3 Å². The molecule has 2 aliphatic heterocycles. The minimum atomic E-state index is -0.173. The summed E-state index contributed by atoms with van der Waals surface area (Å²) in [6.07, 6.45) is 0. The topological polar surface area (TPSA) is 29.5 Å². The second kappa shape index (κ2) is 5.25. The predicted molar refractivity (Wildman–Crippen MR) is 84.3 cm³/mol. The van der Waals surface area contributed by atoms with Crippen molar-refractivity contribution in [2.24, 2.45) is 5.92 Å². The van der Waals surface area contributed by atoms with Crippen molar-refractivity contribution in [3.05, 3.63) is 71.8 Å². The maximum Gasteiger partial charge on any atom is 0.311 e. The molecule has 2 aromatic rings. The van der Waals surface area contributed by atoms with Gasteiger partial charge in [0.25, 0.3) is 0 Å². The summed E-state index contributed by atoms with van der Waals surface area (Å²) in [4.78, 5) is 14.6. The van der Waals surface area contributed by atoms with E-state index in [1.807, 2.05) is 24.3 Å². The zero-order valence-electron chi connectivity index (χ0n) is 12.4. The summed E-state index contributed by atoms with van der Waals surface area (Å²) in [5.41, 5.74) is 2.34. The number of carbonyl (C=O) groups is 1. The van der Waals surface area contributed by atoms with Crippen LogP contribution in [0.3, 0.4) is 0 Å². The van der Waals surface area contributed by atoms with Gasteiger partial charge in [0.05, 0.1) is 11.3 Å². The zero-order valence-corrected chi connectivity index (χ0v) is 12.4. The van der Waals surface area contributed by atoms with Crippen LogP contribution in [0.2, 0.25) is 0 Å². The first-order valence-electron chi connectivity index (χ1n) is 7.76. The largest absolute Gasteiger partial charge is 0.464 e. The van der Waals surface area contributed by atoms with Crippen LogP contribution in [-0.4, -0.2) is 30.6 Å². The number of carbonyl (C=O) groups excluding carboxylic acids is 1. The molecule has 3 heteroatoms. The van der Waals surface area contributed by atoms with E-state index in [1.54, 1.807) is 0 Å². The first-order chi connectivity index (χ1) is 10.8. The predicted octanol–water partition coefficient (Wildman–Crippen LogP) is 2.61. The van der Waals surface area contributed by atoms with Crippen LogP contribution in [0.5, 0.6) is 0 Å². The fourth-order valence-corrected chi connectivity index (χ4v) is 3.86. The number of fused-ring (bicyclic) bond motifs is 1. The Balaban J connectivity index is 1.62. The highest BCUT2D eigenvalue weighted by Gasteiger charge is 2.56. The fourth-order valence-electron chi connectivity index (χ4n) is 3.86. The van der Waals surface area contributed by atoms with E-state index in [0.717, 1.165) is 19.6 Å². The zero-order chi connectivity index (χ0) is 15.0. The fraction of sp³-hybridized carbons (Fsp3) is 0.316. The highest BCUT2D eigenvalue weighted by Crippen LogP contribution is 2.44. The number of benzene rings is 2. The van der Waals surface area contributed by atoms with Gasteiger partial charge in [0.1, 0.15) is 6.61 Å². The molecule has 0 spiro atoms. The first-order valence-corrected chi connectivity index (χ1v) is 7.76. The molecule has 3 nitrogen and oxygen atoms in total. The lowest BCUT2D eigenvalue weighted by atomic mass is 9.75. The third-order valence-corrected chi connectivity index (χ3v) is 4.97. The first kappa shape index (κ1) is 13.5. The van der Waals surface area contributed by atoms with E-state index in [4.69, 9.17) is 4.74 Å². The lowest BCUT2D eigenvalue weighted by molar-refractivity contribution is -0.141. The van der Waals surface area contributed by atoms with Crippen LogP contribution in [0.15, 0.2) is 60.7 Å². The van der Waals surface area contributed by atoms with Gasteiger partial charge in [-0.25, -0.2) is 0 Å². The van der Waals surface area contributed by atoms with Gasteiger partial charge in [0.2, 0.25) is 0 Å². The lowest BCUT2D eigenvalue weighted by Gasteiger charge is -2.26. The molecular formula is C19H19NO2. The molecule has 2 aliphatic rings. The Hall–Kier alpha value is -2.13. The molecule has 2 atom stereocenters. The number of nitrogens with zero attached hydrogens (tertiary/aromatic N) is 1.